The molecule has 3 aromatic rings. The number of halogens is 5. The van der Waals surface area contributed by atoms with Crippen LogP contribution in [0.5, 0.6) is 5.75 Å². The van der Waals surface area contributed by atoms with Crippen LogP contribution in [0.4, 0.5) is 24.5 Å². The minimum absolute atomic E-state index is 0.0760. The third-order valence-electron chi connectivity index (χ3n) is 3.92. The predicted molar refractivity (Wildman–Crippen MR) is 106 cm³/mol. The minimum atomic E-state index is -4.57. The highest BCUT2D eigenvalue weighted by atomic mass is 35.5. The van der Waals surface area contributed by atoms with E-state index in [4.69, 9.17) is 27.9 Å². The number of anilines is 2. The number of carbonyl (C=O) groups excluding carboxylic acids is 1. The first kappa shape index (κ1) is 21.7. The summed E-state index contributed by atoms with van der Waals surface area (Å²) in [5.41, 5.74) is -0.331. The number of hydrogen-bond donors (Lipinski definition) is 2. The number of nitrogens with zero attached hydrogens (tertiary/aromatic N) is 3. The molecule has 7 nitrogen and oxygen atoms in total. The van der Waals surface area contributed by atoms with E-state index in [1.54, 1.807) is 0 Å². The SMILES string of the molecule is COc1c(Cl)cc(NCC(=O)Nc2cc(C(F)(F)F)ccc2-n2cncn2)cc1Cl. The molecule has 1 aromatic heterocycles. The van der Waals surface area contributed by atoms with Crippen LogP contribution in [-0.2, 0) is 11.0 Å². The summed E-state index contributed by atoms with van der Waals surface area (Å²) in [7, 11) is 1.41. The molecule has 0 saturated carbocycles. The molecule has 30 heavy (non-hydrogen) atoms. The van der Waals surface area contributed by atoms with Crippen molar-refractivity contribution in [3.63, 3.8) is 0 Å². The van der Waals surface area contributed by atoms with E-state index in [-0.39, 0.29) is 33.7 Å². The van der Waals surface area contributed by atoms with Gasteiger partial charge in [-0.1, -0.05) is 23.2 Å². The Morgan fingerprint density at radius 2 is 1.90 bits per heavy atom. The van der Waals surface area contributed by atoms with E-state index in [2.05, 4.69) is 20.7 Å². The molecule has 0 unspecified atom stereocenters. The van der Waals surface area contributed by atoms with Crippen LogP contribution in [0.1, 0.15) is 5.56 Å². The number of benzene rings is 2. The quantitative estimate of drug-likeness (QED) is 0.560. The Morgan fingerprint density at radius 3 is 2.47 bits per heavy atom. The van der Waals surface area contributed by atoms with Crippen molar-refractivity contribution in [2.24, 2.45) is 0 Å². The van der Waals surface area contributed by atoms with Crippen LogP contribution >= 0.6 is 23.2 Å². The van der Waals surface area contributed by atoms with Gasteiger partial charge in [0.15, 0.2) is 5.75 Å². The zero-order valence-electron chi connectivity index (χ0n) is 15.3. The molecule has 2 aromatic carbocycles. The molecule has 0 aliphatic rings. The molecule has 0 spiro atoms. The van der Waals surface area contributed by atoms with Gasteiger partial charge in [0.2, 0.25) is 5.91 Å². The minimum Gasteiger partial charge on any atom is -0.494 e. The average Bonchev–Trinajstić information content (AvgIpc) is 3.20. The summed E-state index contributed by atoms with van der Waals surface area (Å²) in [5, 5.41) is 9.62. The van der Waals surface area contributed by atoms with E-state index >= 15 is 0 Å². The maximum absolute atomic E-state index is 13.1. The molecule has 3 rings (SSSR count). The number of aromatic nitrogens is 3. The number of methoxy groups -OCH3 is 1. The van der Waals surface area contributed by atoms with Crippen molar-refractivity contribution in [3.05, 3.63) is 58.6 Å². The van der Waals surface area contributed by atoms with Gasteiger partial charge in [0.05, 0.1) is 40.6 Å². The highest BCUT2D eigenvalue weighted by molar-refractivity contribution is 6.37. The fourth-order valence-electron chi connectivity index (χ4n) is 2.58. The highest BCUT2D eigenvalue weighted by Gasteiger charge is 2.31. The summed E-state index contributed by atoms with van der Waals surface area (Å²) in [6, 6.07) is 5.93. The molecule has 1 amide bonds. The van der Waals surface area contributed by atoms with Gasteiger partial charge in [-0.05, 0) is 30.3 Å². The second-order valence-corrected chi connectivity index (χ2v) is 6.76. The normalized spacial score (nSPS) is 11.3. The first-order valence-electron chi connectivity index (χ1n) is 8.32. The summed E-state index contributed by atoms with van der Waals surface area (Å²) < 4.78 is 45.6. The molecular weight excluding hydrogens is 446 g/mol. The number of rotatable bonds is 6. The van der Waals surface area contributed by atoms with Gasteiger partial charge < -0.3 is 15.4 Å². The van der Waals surface area contributed by atoms with Crippen LogP contribution in [-0.4, -0.2) is 34.3 Å². The monoisotopic (exact) mass is 459 g/mol. The van der Waals surface area contributed by atoms with E-state index in [0.717, 1.165) is 12.1 Å². The molecule has 12 heteroatoms. The van der Waals surface area contributed by atoms with Crippen LogP contribution in [0.2, 0.25) is 10.0 Å². The van der Waals surface area contributed by atoms with Crippen LogP contribution in [0.25, 0.3) is 5.69 Å². The Hall–Kier alpha value is -2.98. The van der Waals surface area contributed by atoms with E-state index < -0.39 is 17.6 Å². The Morgan fingerprint density at radius 1 is 1.20 bits per heavy atom. The second-order valence-electron chi connectivity index (χ2n) is 5.94. The third-order valence-corrected chi connectivity index (χ3v) is 4.48. The number of amides is 1. The van der Waals surface area contributed by atoms with Crippen molar-refractivity contribution in [2.75, 3.05) is 24.3 Å². The Labute approximate surface area is 178 Å². The van der Waals surface area contributed by atoms with E-state index in [1.807, 2.05) is 0 Å². The maximum atomic E-state index is 13.1. The summed E-state index contributed by atoms with van der Waals surface area (Å²) in [4.78, 5) is 16.1. The lowest BCUT2D eigenvalue weighted by molar-refractivity contribution is -0.137. The van der Waals surface area contributed by atoms with Gasteiger partial charge in [-0.25, -0.2) is 9.67 Å². The van der Waals surface area contributed by atoms with Crippen LogP contribution in [0.15, 0.2) is 43.0 Å². The van der Waals surface area contributed by atoms with Gasteiger partial charge in [0.25, 0.3) is 0 Å². The highest BCUT2D eigenvalue weighted by Crippen LogP contribution is 2.36. The molecule has 0 saturated heterocycles. The fourth-order valence-corrected chi connectivity index (χ4v) is 3.22. The zero-order valence-corrected chi connectivity index (χ0v) is 16.8. The lowest BCUT2D eigenvalue weighted by Gasteiger charge is -2.15. The van der Waals surface area contributed by atoms with Crippen molar-refractivity contribution in [2.45, 2.75) is 6.18 Å². The molecular formula is C18H14Cl2F3N5O2. The Kier molecular flexibility index (Phi) is 6.37. The van der Waals surface area contributed by atoms with Crippen LogP contribution < -0.4 is 15.4 Å². The Bertz CT molecular complexity index is 1040. The van der Waals surface area contributed by atoms with Crippen molar-refractivity contribution in [1.82, 2.24) is 14.8 Å². The van der Waals surface area contributed by atoms with Crippen molar-refractivity contribution in [1.29, 1.82) is 0 Å². The van der Waals surface area contributed by atoms with Gasteiger partial charge in [0, 0.05) is 5.69 Å². The maximum Gasteiger partial charge on any atom is 0.416 e. The second kappa shape index (κ2) is 8.80. The molecule has 0 atom stereocenters. The first-order chi connectivity index (χ1) is 14.2. The predicted octanol–water partition coefficient (Wildman–Crippen LogP) is 4.65. The smallest absolute Gasteiger partial charge is 0.416 e. The van der Waals surface area contributed by atoms with Crippen molar-refractivity contribution in [3.8, 4) is 11.4 Å². The van der Waals surface area contributed by atoms with Crippen LogP contribution in [0.3, 0.4) is 0 Å². The number of hydrogen-bond acceptors (Lipinski definition) is 5. The fraction of sp³-hybridized carbons (Fsp3) is 0.167. The molecule has 0 radical (unpaired) electrons. The van der Waals surface area contributed by atoms with Gasteiger partial charge >= 0.3 is 6.18 Å². The molecule has 1 heterocycles. The number of nitrogens with one attached hydrogen (secondary N) is 2. The zero-order chi connectivity index (χ0) is 21.9. The lowest BCUT2D eigenvalue weighted by atomic mass is 10.1. The number of alkyl halides is 3. The van der Waals surface area contributed by atoms with Crippen molar-refractivity contribution >= 4 is 40.5 Å². The summed E-state index contributed by atoms with van der Waals surface area (Å²) in [6.45, 7) is -0.258. The van der Waals surface area contributed by atoms with Gasteiger partial charge in [0.1, 0.15) is 12.7 Å². The lowest BCUT2D eigenvalue weighted by Crippen LogP contribution is -2.23. The largest absolute Gasteiger partial charge is 0.494 e. The van der Waals surface area contributed by atoms with Crippen LogP contribution in [0, 0.1) is 0 Å². The third kappa shape index (κ3) is 4.95. The van der Waals surface area contributed by atoms with Crippen molar-refractivity contribution < 1.29 is 22.7 Å². The molecule has 2 N–H and O–H groups in total. The first-order valence-corrected chi connectivity index (χ1v) is 9.07. The van der Waals surface area contributed by atoms with Gasteiger partial charge in [-0.15, -0.1) is 0 Å². The summed E-state index contributed by atoms with van der Waals surface area (Å²) in [6.07, 6.45) is -2.05. The number of carbonyl (C=O) groups is 1. The molecule has 0 bridgehead atoms. The van der Waals surface area contributed by atoms with Gasteiger partial charge in [-0.2, -0.15) is 18.3 Å². The average molecular weight is 460 g/mol. The summed E-state index contributed by atoms with van der Waals surface area (Å²) in [5.74, 6) is -0.312. The van der Waals surface area contributed by atoms with E-state index in [1.165, 1.54) is 42.6 Å². The standard InChI is InChI=1S/C18H14Cl2F3N5O2/c1-30-17-12(19)5-11(6-13(17)20)25-7-16(29)27-14-4-10(18(21,22)23)2-3-15(14)28-9-24-8-26-28/h2-6,8-9,25H,7H2,1H3,(H,27,29). The van der Waals surface area contributed by atoms with E-state index in [9.17, 15) is 18.0 Å². The topological polar surface area (TPSA) is 81.1 Å². The molecule has 158 valence electrons. The van der Waals surface area contributed by atoms with E-state index in [0.29, 0.717) is 5.69 Å². The molecule has 0 aliphatic carbocycles. The summed E-state index contributed by atoms with van der Waals surface area (Å²) >= 11 is 12.1. The van der Waals surface area contributed by atoms with Gasteiger partial charge in [-0.3, -0.25) is 4.79 Å². The molecule has 0 aliphatic heterocycles. The Balaban J connectivity index is 1.79. The number of ether oxygens (including phenoxy) is 1. The molecule has 0 fully saturated rings.